The Balaban J connectivity index is 2.29. The molecule has 3 nitrogen and oxygen atoms in total. The van der Waals surface area contributed by atoms with Crippen LogP contribution in [-0.2, 0) is 0 Å². The largest absolute Gasteiger partial charge is 0.352 e. The van der Waals surface area contributed by atoms with Gasteiger partial charge in [0, 0.05) is 12.1 Å². The molecule has 0 aliphatic rings. The van der Waals surface area contributed by atoms with E-state index in [9.17, 15) is 4.79 Å². The van der Waals surface area contributed by atoms with Gasteiger partial charge < -0.3 is 11.1 Å². The van der Waals surface area contributed by atoms with E-state index in [0.717, 1.165) is 44.3 Å². The lowest BCUT2D eigenvalue weighted by atomic mass is 10.0. The van der Waals surface area contributed by atoms with Crippen LogP contribution >= 0.6 is 0 Å². The molecule has 0 heterocycles. The molecule has 0 aromatic heterocycles. The minimum Gasteiger partial charge on any atom is -0.352 e. The SMILES string of the molecule is CC(C)c1ccc(C(=O)NCCCCCCN)cc1. The zero-order valence-electron chi connectivity index (χ0n) is 12.1. The van der Waals surface area contributed by atoms with Crippen LogP contribution in [0, 0.1) is 0 Å². The van der Waals surface area contributed by atoms with Crippen molar-refractivity contribution in [3.05, 3.63) is 35.4 Å². The van der Waals surface area contributed by atoms with E-state index in [1.165, 1.54) is 5.56 Å². The number of hydrogen-bond acceptors (Lipinski definition) is 2. The maximum Gasteiger partial charge on any atom is 0.251 e. The Morgan fingerprint density at radius 1 is 1.11 bits per heavy atom. The van der Waals surface area contributed by atoms with E-state index < -0.39 is 0 Å². The summed E-state index contributed by atoms with van der Waals surface area (Å²) in [5.41, 5.74) is 7.44. The van der Waals surface area contributed by atoms with Crippen LogP contribution in [0.4, 0.5) is 0 Å². The average molecular weight is 262 g/mol. The molecule has 1 aromatic carbocycles. The molecule has 0 unspecified atom stereocenters. The molecule has 0 fully saturated rings. The van der Waals surface area contributed by atoms with E-state index >= 15 is 0 Å². The third-order valence-corrected chi connectivity index (χ3v) is 3.26. The van der Waals surface area contributed by atoms with Crippen LogP contribution in [0.25, 0.3) is 0 Å². The fourth-order valence-corrected chi connectivity index (χ4v) is 1.95. The second-order valence-corrected chi connectivity index (χ2v) is 5.24. The van der Waals surface area contributed by atoms with E-state index in [4.69, 9.17) is 5.73 Å². The standard InChI is InChI=1S/C16H26N2O/c1-13(2)14-7-9-15(10-8-14)16(19)18-12-6-4-3-5-11-17/h7-10,13H,3-6,11-12,17H2,1-2H3,(H,18,19). The van der Waals surface area contributed by atoms with E-state index in [-0.39, 0.29) is 5.91 Å². The highest BCUT2D eigenvalue weighted by Crippen LogP contribution is 2.14. The summed E-state index contributed by atoms with van der Waals surface area (Å²) in [6.45, 7) is 5.80. The number of rotatable bonds is 8. The van der Waals surface area contributed by atoms with Gasteiger partial charge in [0.25, 0.3) is 5.91 Å². The molecule has 1 aromatic rings. The van der Waals surface area contributed by atoms with Crippen molar-refractivity contribution in [3.8, 4) is 0 Å². The average Bonchev–Trinajstić information content (AvgIpc) is 2.42. The number of carbonyl (C=O) groups is 1. The third kappa shape index (κ3) is 5.88. The molecule has 106 valence electrons. The van der Waals surface area contributed by atoms with Crippen molar-refractivity contribution in [3.63, 3.8) is 0 Å². The number of nitrogens with one attached hydrogen (secondary N) is 1. The molecule has 0 spiro atoms. The Morgan fingerprint density at radius 3 is 2.32 bits per heavy atom. The Morgan fingerprint density at radius 2 is 1.74 bits per heavy atom. The summed E-state index contributed by atoms with van der Waals surface area (Å²) in [4.78, 5) is 11.9. The third-order valence-electron chi connectivity index (χ3n) is 3.26. The zero-order valence-corrected chi connectivity index (χ0v) is 12.1. The van der Waals surface area contributed by atoms with Crippen LogP contribution in [-0.4, -0.2) is 19.0 Å². The van der Waals surface area contributed by atoms with E-state index in [1.54, 1.807) is 0 Å². The van der Waals surface area contributed by atoms with Crippen molar-refractivity contribution in [1.29, 1.82) is 0 Å². The monoisotopic (exact) mass is 262 g/mol. The lowest BCUT2D eigenvalue weighted by Gasteiger charge is -2.08. The minimum atomic E-state index is 0.0223. The maximum absolute atomic E-state index is 11.9. The molecule has 3 N–H and O–H groups in total. The van der Waals surface area contributed by atoms with E-state index in [1.807, 2.05) is 24.3 Å². The number of carbonyl (C=O) groups excluding carboxylic acids is 1. The molecule has 0 saturated heterocycles. The fourth-order valence-electron chi connectivity index (χ4n) is 1.95. The first-order valence-corrected chi connectivity index (χ1v) is 7.23. The predicted octanol–water partition coefficient (Wildman–Crippen LogP) is 3.06. The molecule has 0 aliphatic carbocycles. The minimum absolute atomic E-state index is 0.0223. The van der Waals surface area contributed by atoms with Gasteiger partial charge in [-0.3, -0.25) is 4.79 Å². The molecular formula is C16H26N2O. The summed E-state index contributed by atoms with van der Waals surface area (Å²) in [5.74, 6) is 0.522. The Labute approximate surface area is 116 Å². The van der Waals surface area contributed by atoms with Gasteiger partial charge in [0.1, 0.15) is 0 Å². The molecule has 1 amide bonds. The maximum atomic E-state index is 11.9. The fraction of sp³-hybridized carbons (Fsp3) is 0.562. The highest BCUT2D eigenvalue weighted by atomic mass is 16.1. The van der Waals surface area contributed by atoms with E-state index in [2.05, 4.69) is 19.2 Å². The summed E-state index contributed by atoms with van der Waals surface area (Å²) in [7, 11) is 0. The van der Waals surface area contributed by atoms with Crippen molar-refractivity contribution >= 4 is 5.91 Å². The van der Waals surface area contributed by atoms with Gasteiger partial charge in [-0.05, 0) is 43.0 Å². The van der Waals surface area contributed by atoms with Crippen molar-refractivity contribution in [2.75, 3.05) is 13.1 Å². The van der Waals surface area contributed by atoms with Crippen molar-refractivity contribution in [1.82, 2.24) is 5.32 Å². The second-order valence-electron chi connectivity index (χ2n) is 5.24. The van der Waals surface area contributed by atoms with Crippen LogP contribution in [0.3, 0.4) is 0 Å². The molecule has 0 radical (unpaired) electrons. The van der Waals surface area contributed by atoms with Gasteiger partial charge >= 0.3 is 0 Å². The summed E-state index contributed by atoms with van der Waals surface area (Å²) in [5, 5.41) is 2.95. The molecule has 0 aliphatic heterocycles. The van der Waals surface area contributed by atoms with Gasteiger partial charge in [-0.25, -0.2) is 0 Å². The first-order chi connectivity index (χ1) is 9.15. The van der Waals surface area contributed by atoms with Gasteiger partial charge in [0.15, 0.2) is 0 Å². The highest BCUT2D eigenvalue weighted by molar-refractivity contribution is 5.94. The van der Waals surface area contributed by atoms with Gasteiger partial charge in [-0.2, -0.15) is 0 Å². The molecular weight excluding hydrogens is 236 g/mol. The van der Waals surface area contributed by atoms with Gasteiger partial charge in [-0.1, -0.05) is 38.8 Å². The zero-order chi connectivity index (χ0) is 14.1. The van der Waals surface area contributed by atoms with Crippen molar-refractivity contribution in [2.45, 2.75) is 45.4 Å². The van der Waals surface area contributed by atoms with Crippen LogP contribution in [0.15, 0.2) is 24.3 Å². The summed E-state index contributed by atoms with van der Waals surface area (Å²) < 4.78 is 0. The quantitative estimate of drug-likeness (QED) is 0.707. The van der Waals surface area contributed by atoms with Gasteiger partial charge in [0.2, 0.25) is 0 Å². The Bertz CT molecular complexity index is 371. The summed E-state index contributed by atoms with van der Waals surface area (Å²) in [6, 6.07) is 7.86. The van der Waals surface area contributed by atoms with Gasteiger partial charge in [0.05, 0.1) is 0 Å². The lowest BCUT2D eigenvalue weighted by molar-refractivity contribution is 0.0953. The molecule has 0 atom stereocenters. The number of benzene rings is 1. The molecule has 1 rings (SSSR count). The smallest absolute Gasteiger partial charge is 0.251 e. The highest BCUT2D eigenvalue weighted by Gasteiger charge is 2.05. The first kappa shape index (κ1) is 15.7. The van der Waals surface area contributed by atoms with Crippen molar-refractivity contribution in [2.24, 2.45) is 5.73 Å². The Kier molecular flexibility index (Phi) is 7.19. The second kappa shape index (κ2) is 8.70. The van der Waals surface area contributed by atoms with Crippen LogP contribution in [0.5, 0.6) is 0 Å². The summed E-state index contributed by atoms with van der Waals surface area (Å²) >= 11 is 0. The number of nitrogens with two attached hydrogens (primary N) is 1. The molecule has 19 heavy (non-hydrogen) atoms. The number of hydrogen-bond donors (Lipinski definition) is 2. The predicted molar refractivity (Wildman–Crippen MR) is 80.4 cm³/mol. The summed E-state index contributed by atoms with van der Waals surface area (Å²) in [6.07, 6.45) is 4.37. The van der Waals surface area contributed by atoms with Crippen LogP contribution < -0.4 is 11.1 Å². The normalized spacial score (nSPS) is 10.7. The lowest BCUT2D eigenvalue weighted by Crippen LogP contribution is -2.24. The first-order valence-electron chi connectivity index (χ1n) is 7.23. The number of amides is 1. The topological polar surface area (TPSA) is 55.1 Å². The molecule has 0 bridgehead atoms. The van der Waals surface area contributed by atoms with E-state index in [0.29, 0.717) is 5.92 Å². The van der Waals surface area contributed by atoms with Gasteiger partial charge in [-0.15, -0.1) is 0 Å². The number of unbranched alkanes of at least 4 members (excludes halogenated alkanes) is 3. The van der Waals surface area contributed by atoms with Crippen LogP contribution in [0.1, 0.15) is 61.4 Å². The molecule has 0 saturated carbocycles. The van der Waals surface area contributed by atoms with Crippen molar-refractivity contribution < 1.29 is 4.79 Å². The molecule has 3 heteroatoms. The Hall–Kier alpha value is -1.35. The van der Waals surface area contributed by atoms with Crippen LogP contribution in [0.2, 0.25) is 0 Å².